The molecule has 0 saturated carbocycles. The molecule has 142 valence electrons. The normalized spacial score (nSPS) is 11.6. The van der Waals surface area contributed by atoms with Crippen molar-refractivity contribution in [3.05, 3.63) is 77.8 Å². The quantitative estimate of drug-likeness (QED) is 0.599. The van der Waals surface area contributed by atoms with Gasteiger partial charge in [0, 0.05) is 24.9 Å². The minimum Gasteiger partial charge on any atom is -0.441 e. The van der Waals surface area contributed by atoms with Crippen molar-refractivity contribution in [1.29, 1.82) is 5.26 Å². The van der Waals surface area contributed by atoms with Crippen LogP contribution >= 0.6 is 0 Å². The molecule has 5 nitrogen and oxygen atoms in total. The fraction of sp³-hybridized carbons (Fsp3) is 0.261. The molecule has 2 aromatic carbocycles. The number of oxazole rings is 1. The Hall–Kier alpha value is -3.39. The predicted molar refractivity (Wildman–Crippen MR) is 107 cm³/mol. The van der Waals surface area contributed by atoms with Crippen LogP contribution in [0.3, 0.4) is 0 Å². The van der Waals surface area contributed by atoms with E-state index in [2.05, 4.69) is 11.1 Å². The van der Waals surface area contributed by atoms with E-state index in [4.69, 9.17) is 9.68 Å². The Bertz CT molecular complexity index is 956. The lowest BCUT2D eigenvalue weighted by molar-refractivity contribution is -0.133. The second-order valence-corrected chi connectivity index (χ2v) is 6.57. The summed E-state index contributed by atoms with van der Waals surface area (Å²) in [5.74, 6) is 1.33. The van der Waals surface area contributed by atoms with Gasteiger partial charge in [-0.1, -0.05) is 42.5 Å². The molecule has 0 N–H and O–H groups in total. The zero-order chi connectivity index (χ0) is 19.9. The van der Waals surface area contributed by atoms with Crippen molar-refractivity contribution in [3.8, 4) is 17.4 Å². The van der Waals surface area contributed by atoms with Crippen molar-refractivity contribution in [1.82, 2.24) is 9.88 Å². The third kappa shape index (κ3) is 4.47. The summed E-state index contributed by atoms with van der Waals surface area (Å²) in [6.45, 7) is 4.58. The Morgan fingerprint density at radius 3 is 2.54 bits per heavy atom. The number of benzene rings is 2. The highest BCUT2D eigenvalue weighted by Crippen LogP contribution is 2.23. The molecule has 1 heterocycles. The first kappa shape index (κ1) is 19.4. The number of carbonyl (C=O) groups excluding carboxylic acids is 1. The van der Waals surface area contributed by atoms with Crippen LogP contribution in [0.4, 0.5) is 0 Å². The Balaban J connectivity index is 1.62. The van der Waals surface area contributed by atoms with Gasteiger partial charge in [-0.3, -0.25) is 4.79 Å². The summed E-state index contributed by atoms with van der Waals surface area (Å²) in [5, 5.41) is 8.93. The number of rotatable bonds is 7. The molecular formula is C23H23N3O2. The number of nitriles is 1. The zero-order valence-corrected chi connectivity index (χ0v) is 16.1. The summed E-state index contributed by atoms with van der Waals surface area (Å²) in [5.41, 5.74) is 2.59. The van der Waals surface area contributed by atoms with Crippen molar-refractivity contribution in [2.45, 2.75) is 32.7 Å². The van der Waals surface area contributed by atoms with Crippen LogP contribution < -0.4 is 0 Å². The molecule has 0 aliphatic rings. The largest absolute Gasteiger partial charge is 0.441 e. The molecule has 5 heteroatoms. The summed E-state index contributed by atoms with van der Waals surface area (Å²) in [6, 6.07) is 19.2. The molecule has 28 heavy (non-hydrogen) atoms. The van der Waals surface area contributed by atoms with E-state index in [1.807, 2.05) is 61.2 Å². The minimum absolute atomic E-state index is 0.0545. The van der Waals surface area contributed by atoms with E-state index in [0.29, 0.717) is 36.6 Å². The summed E-state index contributed by atoms with van der Waals surface area (Å²) in [7, 11) is 0. The first-order valence-electron chi connectivity index (χ1n) is 9.42. The minimum atomic E-state index is -0.0605. The highest BCUT2D eigenvalue weighted by molar-refractivity contribution is 5.76. The average molecular weight is 373 g/mol. The molecule has 0 aliphatic heterocycles. The van der Waals surface area contributed by atoms with E-state index in [9.17, 15) is 4.79 Å². The molecule has 3 aromatic rings. The van der Waals surface area contributed by atoms with E-state index in [0.717, 1.165) is 11.1 Å². The summed E-state index contributed by atoms with van der Waals surface area (Å²) in [4.78, 5) is 18.9. The van der Waals surface area contributed by atoms with Crippen LogP contribution in [-0.4, -0.2) is 22.3 Å². The second-order valence-electron chi connectivity index (χ2n) is 6.57. The molecule has 0 saturated heterocycles. The molecular weight excluding hydrogens is 350 g/mol. The average Bonchev–Trinajstić information content (AvgIpc) is 3.22. The van der Waals surface area contributed by atoms with E-state index in [-0.39, 0.29) is 11.9 Å². The van der Waals surface area contributed by atoms with Gasteiger partial charge in [0.05, 0.1) is 23.9 Å². The molecule has 3 rings (SSSR count). The van der Waals surface area contributed by atoms with Crippen LogP contribution in [0.1, 0.15) is 43.3 Å². The van der Waals surface area contributed by atoms with Crippen LogP contribution in [-0.2, 0) is 11.2 Å². The molecule has 1 atom stereocenters. The number of nitrogens with zero attached hydrogens (tertiary/aromatic N) is 3. The molecule has 0 radical (unpaired) electrons. The van der Waals surface area contributed by atoms with Crippen molar-refractivity contribution < 1.29 is 9.21 Å². The molecule has 1 unspecified atom stereocenters. The van der Waals surface area contributed by atoms with Gasteiger partial charge in [0.1, 0.15) is 0 Å². The maximum Gasteiger partial charge on any atom is 0.223 e. The Labute approximate surface area is 165 Å². The van der Waals surface area contributed by atoms with Crippen molar-refractivity contribution >= 4 is 5.91 Å². The van der Waals surface area contributed by atoms with Crippen molar-refractivity contribution in [3.63, 3.8) is 0 Å². The Kier molecular flexibility index (Phi) is 6.23. The third-order valence-electron chi connectivity index (χ3n) is 4.82. The number of aromatic nitrogens is 1. The van der Waals surface area contributed by atoms with Gasteiger partial charge in [0.25, 0.3) is 0 Å². The zero-order valence-electron chi connectivity index (χ0n) is 16.1. The first-order chi connectivity index (χ1) is 13.6. The lowest BCUT2D eigenvalue weighted by atomic mass is 10.0. The van der Waals surface area contributed by atoms with E-state index in [1.165, 1.54) is 0 Å². The van der Waals surface area contributed by atoms with E-state index in [1.54, 1.807) is 18.3 Å². The lowest BCUT2D eigenvalue weighted by Crippen LogP contribution is -2.33. The fourth-order valence-electron chi connectivity index (χ4n) is 3.20. The van der Waals surface area contributed by atoms with Crippen LogP contribution in [0.25, 0.3) is 11.3 Å². The summed E-state index contributed by atoms with van der Waals surface area (Å²) < 4.78 is 5.79. The number of amides is 1. The van der Waals surface area contributed by atoms with Crippen LogP contribution in [0, 0.1) is 11.3 Å². The SMILES string of the molecule is CCN(C(=O)CCc1ncc(-c2ccccc2)o1)C(C)c1ccc(C#N)cc1. The van der Waals surface area contributed by atoms with Crippen molar-refractivity contribution in [2.24, 2.45) is 0 Å². The molecule has 1 aromatic heterocycles. The number of aryl methyl sites for hydroxylation is 1. The highest BCUT2D eigenvalue weighted by atomic mass is 16.4. The number of carbonyl (C=O) groups is 1. The maximum atomic E-state index is 12.8. The van der Waals surface area contributed by atoms with Gasteiger partial charge in [0.2, 0.25) is 5.91 Å². The van der Waals surface area contributed by atoms with Gasteiger partial charge in [-0.2, -0.15) is 5.26 Å². The maximum absolute atomic E-state index is 12.8. The second kappa shape index (κ2) is 9.01. The predicted octanol–water partition coefficient (Wildman–Crippen LogP) is 4.76. The summed E-state index contributed by atoms with van der Waals surface area (Å²) in [6.07, 6.45) is 2.50. The van der Waals surface area contributed by atoms with Gasteiger partial charge in [0.15, 0.2) is 11.7 Å². The standard InChI is InChI=1S/C23H23N3O2/c1-3-26(17(2)19-11-9-18(15-24)10-12-19)23(27)14-13-22-25-16-21(28-22)20-7-5-4-6-8-20/h4-12,16-17H,3,13-14H2,1-2H3. The van der Waals surface area contributed by atoms with Gasteiger partial charge in [-0.05, 0) is 31.5 Å². The van der Waals surface area contributed by atoms with Gasteiger partial charge >= 0.3 is 0 Å². The molecule has 0 fully saturated rings. The topological polar surface area (TPSA) is 70.1 Å². The highest BCUT2D eigenvalue weighted by Gasteiger charge is 2.20. The van der Waals surface area contributed by atoms with E-state index < -0.39 is 0 Å². The molecule has 0 spiro atoms. The lowest BCUT2D eigenvalue weighted by Gasteiger charge is -2.28. The van der Waals surface area contributed by atoms with Crippen molar-refractivity contribution in [2.75, 3.05) is 6.54 Å². The third-order valence-corrected chi connectivity index (χ3v) is 4.82. The van der Waals surface area contributed by atoms with Gasteiger partial charge in [-0.25, -0.2) is 4.98 Å². The summed E-state index contributed by atoms with van der Waals surface area (Å²) >= 11 is 0. The number of hydrogen-bond acceptors (Lipinski definition) is 4. The Morgan fingerprint density at radius 2 is 1.89 bits per heavy atom. The van der Waals surface area contributed by atoms with Crippen LogP contribution in [0.2, 0.25) is 0 Å². The van der Waals surface area contributed by atoms with Gasteiger partial charge in [-0.15, -0.1) is 0 Å². The van der Waals surface area contributed by atoms with E-state index >= 15 is 0 Å². The molecule has 0 aliphatic carbocycles. The van der Waals surface area contributed by atoms with Crippen LogP contribution in [0.5, 0.6) is 0 Å². The molecule has 0 bridgehead atoms. The molecule has 1 amide bonds. The number of hydrogen-bond donors (Lipinski definition) is 0. The smallest absolute Gasteiger partial charge is 0.223 e. The Morgan fingerprint density at radius 1 is 1.18 bits per heavy atom. The van der Waals surface area contributed by atoms with Crippen LogP contribution in [0.15, 0.2) is 65.2 Å². The fourth-order valence-corrected chi connectivity index (χ4v) is 3.20. The monoisotopic (exact) mass is 373 g/mol. The first-order valence-corrected chi connectivity index (χ1v) is 9.42. The van der Waals surface area contributed by atoms with Gasteiger partial charge < -0.3 is 9.32 Å².